The third-order valence-electron chi connectivity index (χ3n) is 3.47. The molecule has 0 radical (unpaired) electrons. The summed E-state index contributed by atoms with van der Waals surface area (Å²) in [7, 11) is 0. The maximum Gasteiger partial charge on any atom is 0.309 e. The van der Waals surface area contributed by atoms with Crippen LogP contribution in [0.1, 0.15) is 26.7 Å². The molecule has 0 aliphatic carbocycles. The van der Waals surface area contributed by atoms with Gasteiger partial charge in [0.1, 0.15) is 0 Å². The molecule has 0 spiro atoms. The van der Waals surface area contributed by atoms with Crippen LogP contribution in [0.2, 0.25) is 0 Å². The predicted octanol–water partition coefficient (Wildman–Crippen LogP) is 2.56. The summed E-state index contributed by atoms with van der Waals surface area (Å²) < 4.78 is 0. The molecule has 92 valence electrons. The van der Waals surface area contributed by atoms with E-state index in [9.17, 15) is 9.90 Å². The fraction of sp³-hybridized carbons (Fsp3) is 0.750. The van der Waals surface area contributed by atoms with Gasteiger partial charge < -0.3 is 5.11 Å². The lowest BCUT2D eigenvalue weighted by molar-refractivity contribution is -0.151. The molecule has 0 aromatic carbocycles. The van der Waals surface area contributed by atoms with Crippen LogP contribution >= 0.6 is 11.6 Å². The third-order valence-corrected chi connectivity index (χ3v) is 3.59. The first kappa shape index (κ1) is 13.5. The van der Waals surface area contributed by atoms with Crippen molar-refractivity contribution in [1.82, 2.24) is 4.90 Å². The Kier molecular flexibility index (Phi) is 4.39. The van der Waals surface area contributed by atoms with Crippen LogP contribution in [0, 0.1) is 11.3 Å². The van der Waals surface area contributed by atoms with Gasteiger partial charge in [-0.15, -0.1) is 0 Å². The minimum absolute atomic E-state index is 0.190. The van der Waals surface area contributed by atoms with Gasteiger partial charge in [0, 0.05) is 18.1 Å². The number of piperidine rings is 1. The van der Waals surface area contributed by atoms with Crippen molar-refractivity contribution in [3.8, 4) is 0 Å². The number of hydrogen-bond acceptors (Lipinski definition) is 2. The maximum absolute atomic E-state index is 11.2. The van der Waals surface area contributed by atoms with Gasteiger partial charge in [0.15, 0.2) is 0 Å². The van der Waals surface area contributed by atoms with Crippen LogP contribution in [0.25, 0.3) is 0 Å². The fourth-order valence-corrected chi connectivity index (χ4v) is 2.37. The minimum atomic E-state index is -0.718. The van der Waals surface area contributed by atoms with Gasteiger partial charge in [-0.1, -0.05) is 18.2 Å². The van der Waals surface area contributed by atoms with Crippen LogP contribution in [0.5, 0.6) is 0 Å². The van der Waals surface area contributed by atoms with Gasteiger partial charge in [0.2, 0.25) is 0 Å². The molecule has 0 amide bonds. The van der Waals surface area contributed by atoms with Crippen molar-refractivity contribution in [2.45, 2.75) is 26.7 Å². The zero-order valence-electron chi connectivity index (χ0n) is 10.0. The van der Waals surface area contributed by atoms with E-state index in [1.165, 1.54) is 0 Å². The number of likely N-dealkylation sites (tertiary alicyclic amines) is 1. The molecule has 16 heavy (non-hydrogen) atoms. The summed E-state index contributed by atoms with van der Waals surface area (Å²) in [5, 5.41) is 9.82. The molecule has 1 heterocycles. The van der Waals surface area contributed by atoms with Crippen molar-refractivity contribution in [3.63, 3.8) is 0 Å². The predicted molar refractivity (Wildman–Crippen MR) is 65.6 cm³/mol. The summed E-state index contributed by atoms with van der Waals surface area (Å²) in [6, 6.07) is 0. The van der Waals surface area contributed by atoms with E-state index < -0.39 is 11.4 Å². The molecule has 1 N–H and O–H groups in total. The quantitative estimate of drug-likeness (QED) is 0.828. The standard InChI is InChI=1S/C12H20ClNO2/c1-9(13)7-14-6-4-5-10(8-14)12(2,3)11(15)16/h10H,1,4-8H2,2-3H3,(H,15,16). The van der Waals surface area contributed by atoms with E-state index in [4.69, 9.17) is 11.6 Å². The van der Waals surface area contributed by atoms with Crippen LogP contribution in [-0.4, -0.2) is 35.6 Å². The Balaban J connectivity index is 2.63. The highest BCUT2D eigenvalue weighted by Gasteiger charge is 2.38. The smallest absolute Gasteiger partial charge is 0.309 e. The van der Waals surface area contributed by atoms with E-state index in [1.807, 2.05) is 0 Å². The largest absolute Gasteiger partial charge is 0.481 e. The lowest BCUT2D eigenvalue weighted by atomic mass is 9.74. The molecule has 3 nitrogen and oxygen atoms in total. The molecular formula is C12H20ClNO2. The Hall–Kier alpha value is -0.540. The zero-order chi connectivity index (χ0) is 12.3. The molecule has 0 aromatic rings. The van der Waals surface area contributed by atoms with Crippen molar-refractivity contribution in [3.05, 3.63) is 11.6 Å². The Labute approximate surface area is 102 Å². The Morgan fingerprint density at radius 1 is 1.62 bits per heavy atom. The van der Waals surface area contributed by atoms with Gasteiger partial charge in [0.05, 0.1) is 5.41 Å². The molecule has 4 heteroatoms. The topological polar surface area (TPSA) is 40.5 Å². The van der Waals surface area contributed by atoms with Gasteiger partial charge in [-0.25, -0.2) is 0 Å². The molecule has 1 atom stereocenters. The van der Waals surface area contributed by atoms with Gasteiger partial charge in [-0.3, -0.25) is 9.69 Å². The summed E-state index contributed by atoms with van der Waals surface area (Å²) in [6.07, 6.45) is 2.01. The summed E-state index contributed by atoms with van der Waals surface area (Å²) in [5.41, 5.74) is -0.660. The van der Waals surface area contributed by atoms with E-state index >= 15 is 0 Å². The van der Waals surface area contributed by atoms with Crippen LogP contribution in [0.4, 0.5) is 0 Å². The number of carboxylic acid groups (broad SMARTS) is 1. The molecule has 0 saturated carbocycles. The number of hydrogen-bond donors (Lipinski definition) is 1. The van der Waals surface area contributed by atoms with Crippen molar-refractivity contribution >= 4 is 17.6 Å². The van der Waals surface area contributed by atoms with Crippen molar-refractivity contribution in [2.75, 3.05) is 19.6 Å². The Morgan fingerprint density at radius 2 is 2.25 bits per heavy atom. The van der Waals surface area contributed by atoms with Gasteiger partial charge in [0.25, 0.3) is 0 Å². The lowest BCUT2D eigenvalue weighted by Gasteiger charge is -2.39. The number of nitrogens with zero attached hydrogens (tertiary/aromatic N) is 1. The number of rotatable bonds is 4. The second-order valence-corrected chi connectivity index (χ2v) is 5.65. The highest BCUT2D eigenvalue weighted by molar-refractivity contribution is 6.29. The molecule has 0 aromatic heterocycles. The molecule has 0 bridgehead atoms. The van der Waals surface area contributed by atoms with Crippen molar-refractivity contribution in [2.24, 2.45) is 11.3 Å². The molecule has 1 unspecified atom stereocenters. The highest BCUT2D eigenvalue weighted by atomic mass is 35.5. The SMILES string of the molecule is C=C(Cl)CN1CCCC(C(C)(C)C(=O)O)C1. The number of aliphatic carboxylic acids is 1. The van der Waals surface area contributed by atoms with E-state index in [0.29, 0.717) is 11.6 Å². The van der Waals surface area contributed by atoms with E-state index in [2.05, 4.69) is 11.5 Å². The monoisotopic (exact) mass is 245 g/mol. The second-order valence-electron chi connectivity index (χ2n) is 5.12. The van der Waals surface area contributed by atoms with E-state index in [-0.39, 0.29) is 5.92 Å². The lowest BCUT2D eigenvalue weighted by Crippen LogP contribution is -2.45. The van der Waals surface area contributed by atoms with Crippen LogP contribution in [0.15, 0.2) is 11.6 Å². The summed E-state index contributed by atoms with van der Waals surface area (Å²) >= 11 is 5.78. The first-order valence-electron chi connectivity index (χ1n) is 5.63. The van der Waals surface area contributed by atoms with Gasteiger partial charge in [-0.2, -0.15) is 0 Å². The van der Waals surface area contributed by atoms with Crippen molar-refractivity contribution in [1.29, 1.82) is 0 Å². The molecule has 1 fully saturated rings. The summed E-state index contributed by atoms with van der Waals surface area (Å²) in [6.45, 7) is 9.73. The molecular weight excluding hydrogens is 226 g/mol. The maximum atomic E-state index is 11.2. The number of carboxylic acids is 1. The molecule has 1 aliphatic rings. The van der Waals surface area contributed by atoms with Gasteiger partial charge >= 0.3 is 5.97 Å². The number of halogens is 1. The summed E-state index contributed by atoms with van der Waals surface area (Å²) in [5.74, 6) is -0.529. The first-order chi connectivity index (χ1) is 7.34. The van der Waals surface area contributed by atoms with Gasteiger partial charge in [-0.05, 0) is 39.2 Å². The number of carbonyl (C=O) groups is 1. The minimum Gasteiger partial charge on any atom is -0.481 e. The second kappa shape index (κ2) is 5.19. The molecule has 1 saturated heterocycles. The Bertz CT molecular complexity index is 289. The Morgan fingerprint density at radius 3 is 2.75 bits per heavy atom. The highest BCUT2D eigenvalue weighted by Crippen LogP contribution is 2.34. The van der Waals surface area contributed by atoms with Crippen LogP contribution in [0.3, 0.4) is 0 Å². The molecule has 1 rings (SSSR count). The molecule has 1 aliphatic heterocycles. The average molecular weight is 246 g/mol. The van der Waals surface area contributed by atoms with E-state index in [0.717, 1.165) is 25.9 Å². The van der Waals surface area contributed by atoms with E-state index in [1.54, 1.807) is 13.8 Å². The average Bonchev–Trinajstić information content (AvgIpc) is 2.16. The van der Waals surface area contributed by atoms with Crippen LogP contribution in [-0.2, 0) is 4.79 Å². The zero-order valence-corrected chi connectivity index (χ0v) is 10.8. The van der Waals surface area contributed by atoms with Crippen LogP contribution < -0.4 is 0 Å². The third kappa shape index (κ3) is 3.22. The summed E-state index contributed by atoms with van der Waals surface area (Å²) in [4.78, 5) is 13.4. The fourth-order valence-electron chi connectivity index (χ4n) is 2.21. The van der Waals surface area contributed by atoms with Crippen molar-refractivity contribution < 1.29 is 9.90 Å². The first-order valence-corrected chi connectivity index (χ1v) is 6.01. The normalized spacial score (nSPS) is 23.1.